The molecule has 0 bridgehead atoms. The number of piperidine rings is 1. The molecule has 4 rings (SSSR count). The molecule has 0 N–H and O–H groups in total. The van der Waals surface area contributed by atoms with E-state index < -0.39 is 0 Å². The number of rotatable bonds is 3. The van der Waals surface area contributed by atoms with Crippen molar-refractivity contribution in [1.82, 2.24) is 19.6 Å². The summed E-state index contributed by atoms with van der Waals surface area (Å²) in [6, 6.07) is 7.80. The number of carbonyl (C=O) groups is 2. The van der Waals surface area contributed by atoms with Crippen molar-refractivity contribution in [3.05, 3.63) is 53.3 Å². The molecule has 0 unspecified atom stereocenters. The van der Waals surface area contributed by atoms with Crippen LogP contribution in [0, 0.1) is 6.92 Å². The highest BCUT2D eigenvalue weighted by Crippen LogP contribution is 2.24. The second-order valence-corrected chi connectivity index (χ2v) is 6.95. The van der Waals surface area contributed by atoms with Crippen LogP contribution in [0.3, 0.4) is 0 Å². The van der Waals surface area contributed by atoms with Gasteiger partial charge in [-0.2, -0.15) is 5.10 Å². The van der Waals surface area contributed by atoms with Crippen LogP contribution in [0.1, 0.15) is 40.4 Å². The van der Waals surface area contributed by atoms with E-state index in [0.717, 1.165) is 36.1 Å². The Morgan fingerprint density at radius 3 is 2.92 bits per heavy atom. The number of likely N-dealkylation sites (tertiary alicyclic amines) is 1. The third-order valence-corrected chi connectivity index (χ3v) is 5.08. The number of carbonyl (C=O) groups excluding carboxylic acids is 2. The number of aryl methyl sites for hydroxylation is 1. The van der Waals surface area contributed by atoms with E-state index in [9.17, 15) is 9.59 Å². The summed E-state index contributed by atoms with van der Waals surface area (Å²) in [5.41, 5.74) is 2.85. The van der Waals surface area contributed by atoms with Crippen LogP contribution >= 0.6 is 0 Å². The summed E-state index contributed by atoms with van der Waals surface area (Å²) in [5, 5.41) is 4.39. The number of hydrogen-bond acceptors (Lipinski definition) is 3. The number of nitrogens with zero attached hydrogens (tertiary/aromatic N) is 4. The van der Waals surface area contributed by atoms with E-state index in [0.29, 0.717) is 13.1 Å². The van der Waals surface area contributed by atoms with Gasteiger partial charge >= 0.3 is 0 Å². The van der Waals surface area contributed by atoms with Crippen LogP contribution in [0.15, 0.2) is 36.7 Å². The smallest absolute Gasteiger partial charge is 0.254 e. The van der Waals surface area contributed by atoms with Gasteiger partial charge in [-0.15, -0.1) is 0 Å². The molecule has 6 nitrogen and oxygen atoms in total. The van der Waals surface area contributed by atoms with Crippen molar-refractivity contribution in [3.63, 3.8) is 0 Å². The maximum Gasteiger partial charge on any atom is 0.254 e. The van der Waals surface area contributed by atoms with Crippen LogP contribution in [0.4, 0.5) is 0 Å². The molecule has 130 valence electrons. The lowest BCUT2D eigenvalue weighted by molar-refractivity contribution is -0.133. The second-order valence-electron chi connectivity index (χ2n) is 6.95. The van der Waals surface area contributed by atoms with Crippen molar-refractivity contribution < 1.29 is 9.59 Å². The molecule has 25 heavy (non-hydrogen) atoms. The molecule has 2 aliphatic heterocycles. The normalized spacial score (nSPS) is 20.0. The van der Waals surface area contributed by atoms with Crippen molar-refractivity contribution >= 4 is 11.8 Å². The highest BCUT2D eigenvalue weighted by atomic mass is 16.2. The number of hydrogen-bond donors (Lipinski definition) is 0. The van der Waals surface area contributed by atoms with Crippen LogP contribution in [-0.4, -0.2) is 51.0 Å². The minimum absolute atomic E-state index is 0.0229. The number of amides is 2. The van der Waals surface area contributed by atoms with Crippen LogP contribution in [0.25, 0.3) is 0 Å². The minimum atomic E-state index is -0.0415. The highest BCUT2D eigenvalue weighted by molar-refractivity contribution is 6.00. The molecule has 2 aliphatic rings. The molecular formula is C19H22N4O2. The SMILES string of the molecule is Cc1cnn([C@H]2CCCN(C(=O)CN3Cc4ccccc4C3=O)C2)c1. The van der Waals surface area contributed by atoms with Gasteiger partial charge in [-0.25, -0.2) is 0 Å². The fraction of sp³-hybridized carbons (Fsp3) is 0.421. The Morgan fingerprint density at radius 2 is 2.16 bits per heavy atom. The summed E-state index contributed by atoms with van der Waals surface area (Å²) in [6.07, 6.45) is 5.86. The molecule has 2 amide bonds. The fourth-order valence-corrected chi connectivity index (χ4v) is 3.74. The maximum absolute atomic E-state index is 12.7. The fourth-order valence-electron chi connectivity index (χ4n) is 3.74. The zero-order chi connectivity index (χ0) is 17.4. The standard InChI is InChI=1S/C19H22N4O2/c1-14-9-20-23(10-14)16-6-4-8-21(12-16)18(24)13-22-11-15-5-2-3-7-17(15)19(22)25/h2-3,5,7,9-10,16H,4,6,8,11-13H2,1H3/t16-/m0/s1. The molecule has 6 heteroatoms. The summed E-state index contributed by atoms with van der Waals surface area (Å²) in [6.45, 7) is 4.11. The molecule has 3 heterocycles. The van der Waals surface area contributed by atoms with E-state index in [4.69, 9.17) is 0 Å². The van der Waals surface area contributed by atoms with Crippen LogP contribution in [0.2, 0.25) is 0 Å². The van der Waals surface area contributed by atoms with E-state index >= 15 is 0 Å². The van der Waals surface area contributed by atoms with E-state index in [1.165, 1.54) is 0 Å². The Hall–Kier alpha value is -2.63. The Morgan fingerprint density at radius 1 is 1.32 bits per heavy atom. The average Bonchev–Trinajstić information content (AvgIpc) is 3.20. The molecule has 2 aromatic rings. The monoisotopic (exact) mass is 338 g/mol. The summed E-state index contributed by atoms with van der Waals surface area (Å²) < 4.78 is 1.96. The Labute approximate surface area is 147 Å². The van der Waals surface area contributed by atoms with Crippen molar-refractivity contribution in [1.29, 1.82) is 0 Å². The van der Waals surface area contributed by atoms with Gasteiger partial charge in [0.05, 0.1) is 12.2 Å². The third-order valence-electron chi connectivity index (χ3n) is 5.08. The Bertz CT molecular complexity index is 813. The molecule has 0 spiro atoms. The van der Waals surface area contributed by atoms with Gasteiger partial charge in [0, 0.05) is 31.4 Å². The highest BCUT2D eigenvalue weighted by Gasteiger charge is 2.31. The first-order chi connectivity index (χ1) is 12.1. The average molecular weight is 338 g/mol. The van der Waals surface area contributed by atoms with Crippen molar-refractivity contribution in [2.45, 2.75) is 32.4 Å². The van der Waals surface area contributed by atoms with Gasteiger partial charge in [0.1, 0.15) is 6.54 Å². The largest absolute Gasteiger partial charge is 0.339 e. The topological polar surface area (TPSA) is 58.4 Å². The predicted molar refractivity (Wildman–Crippen MR) is 93.0 cm³/mol. The summed E-state index contributed by atoms with van der Waals surface area (Å²) in [4.78, 5) is 28.7. The van der Waals surface area contributed by atoms with Gasteiger partial charge in [-0.05, 0) is 37.0 Å². The first kappa shape index (κ1) is 15.9. The van der Waals surface area contributed by atoms with Gasteiger partial charge < -0.3 is 9.80 Å². The quantitative estimate of drug-likeness (QED) is 0.860. The second kappa shape index (κ2) is 6.35. The van der Waals surface area contributed by atoms with Gasteiger partial charge in [0.15, 0.2) is 0 Å². The lowest BCUT2D eigenvalue weighted by Gasteiger charge is -2.33. The molecular weight excluding hydrogens is 316 g/mol. The number of aromatic nitrogens is 2. The first-order valence-electron chi connectivity index (χ1n) is 8.77. The lowest BCUT2D eigenvalue weighted by atomic mass is 10.1. The lowest BCUT2D eigenvalue weighted by Crippen LogP contribution is -2.45. The number of fused-ring (bicyclic) bond motifs is 1. The molecule has 0 radical (unpaired) electrons. The summed E-state index contributed by atoms with van der Waals surface area (Å²) in [5.74, 6) is -0.0186. The first-order valence-corrected chi connectivity index (χ1v) is 8.77. The van der Waals surface area contributed by atoms with Crippen LogP contribution in [0.5, 0.6) is 0 Å². The van der Waals surface area contributed by atoms with Crippen LogP contribution in [-0.2, 0) is 11.3 Å². The van der Waals surface area contributed by atoms with Gasteiger partial charge in [0.2, 0.25) is 5.91 Å². The predicted octanol–water partition coefficient (Wildman–Crippen LogP) is 2.01. The van der Waals surface area contributed by atoms with Crippen molar-refractivity contribution in [2.24, 2.45) is 0 Å². The Balaban J connectivity index is 1.41. The zero-order valence-corrected chi connectivity index (χ0v) is 14.4. The van der Waals surface area contributed by atoms with E-state index in [2.05, 4.69) is 5.10 Å². The van der Waals surface area contributed by atoms with Crippen molar-refractivity contribution in [3.8, 4) is 0 Å². The van der Waals surface area contributed by atoms with Crippen LogP contribution < -0.4 is 0 Å². The zero-order valence-electron chi connectivity index (χ0n) is 14.4. The molecule has 1 fully saturated rings. The molecule has 1 aromatic carbocycles. The Kier molecular flexibility index (Phi) is 4.03. The third kappa shape index (κ3) is 3.04. The van der Waals surface area contributed by atoms with Gasteiger partial charge in [0.25, 0.3) is 5.91 Å². The summed E-state index contributed by atoms with van der Waals surface area (Å²) in [7, 11) is 0. The maximum atomic E-state index is 12.7. The molecule has 0 aliphatic carbocycles. The van der Waals surface area contributed by atoms with E-state index in [1.54, 1.807) is 4.90 Å². The van der Waals surface area contributed by atoms with Crippen molar-refractivity contribution in [2.75, 3.05) is 19.6 Å². The molecule has 1 aromatic heterocycles. The van der Waals surface area contributed by atoms with Gasteiger partial charge in [-0.1, -0.05) is 18.2 Å². The molecule has 1 saturated heterocycles. The van der Waals surface area contributed by atoms with Gasteiger partial charge in [-0.3, -0.25) is 14.3 Å². The minimum Gasteiger partial charge on any atom is -0.339 e. The molecule has 1 atom stereocenters. The van der Waals surface area contributed by atoms with E-state index in [-0.39, 0.29) is 24.4 Å². The summed E-state index contributed by atoms with van der Waals surface area (Å²) >= 11 is 0. The van der Waals surface area contributed by atoms with E-state index in [1.807, 2.05) is 53.2 Å². The number of benzene rings is 1. The molecule has 0 saturated carbocycles.